The first-order valence-electron chi connectivity index (χ1n) is 11.8. The molecule has 0 bridgehead atoms. The first-order chi connectivity index (χ1) is 17.4. The fourth-order valence-electron chi connectivity index (χ4n) is 4.08. The van der Waals surface area contributed by atoms with E-state index in [9.17, 15) is 0 Å². The molecule has 0 aliphatic heterocycles. The van der Waals surface area contributed by atoms with Gasteiger partial charge in [0.25, 0.3) is 0 Å². The van der Waals surface area contributed by atoms with Crippen LogP contribution in [-0.2, 0) is 4.74 Å². The Hall–Kier alpha value is -3.49. The summed E-state index contributed by atoms with van der Waals surface area (Å²) >= 11 is 0. The summed E-state index contributed by atoms with van der Waals surface area (Å²) in [5, 5.41) is 3.55. The molecular weight excluding hydrogens is 467 g/mol. The molecule has 0 aliphatic rings. The number of hydrogen-bond acceptors (Lipinski definition) is 4. The fourth-order valence-corrected chi connectivity index (χ4v) is 7.73. The molecule has 0 spiro atoms. The van der Waals surface area contributed by atoms with Gasteiger partial charge in [-0.15, -0.1) is 0 Å². The van der Waals surface area contributed by atoms with E-state index < -0.39 is 7.26 Å². The quantitative estimate of drug-likeness (QED) is 0.172. The topological polar surface area (TPSA) is 36.9 Å². The lowest BCUT2D eigenvalue weighted by atomic mass is 10.1. The molecule has 0 heterocycles. The van der Waals surface area contributed by atoms with Crippen molar-refractivity contribution in [2.75, 3.05) is 27.7 Å². The van der Waals surface area contributed by atoms with E-state index in [2.05, 4.69) is 62.9 Å². The van der Waals surface area contributed by atoms with Crippen LogP contribution in [0, 0.1) is 0 Å². The smallest absolute Gasteiger partial charge is 0.210 e. The average molecular weight is 504 g/mol. The van der Waals surface area contributed by atoms with Gasteiger partial charge in [-0.1, -0.05) is 12.7 Å². The van der Waals surface area contributed by atoms with E-state index in [1.807, 2.05) is 43.3 Å². The Morgan fingerprint density at radius 1 is 0.694 bits per heavy atom. The second-order valence-electron chi connectivity index (χ2n) is 8.34. The summed E-state index contributed by atoms with van der Waals surface area (Å²) in [6.07, 6.45) is 4.35. The lowest BCUT2D eigenvalue weighted by Gasteiger charge is -2.28. The van der Waals surface area contributed by atoms with Crippen LogP contribution in [0.4, 0.5) is 0 Å². The van der Waals surface area contributed by atoms with E-state index in [0.29, 0.717) is 6.35 Å². The van der Waals surface area contributed by atoms with Gasteiger partial charge in [0.1, 0.15) is 38.9 Å². The molecule has 188 valence electrons. The third-order valence-electron chi connectivity index (χ3n) is 6.53. The first-order valence-corrected chi connectivity index (χ1v) is 13.8. The van der Waals surface area contributed by atoms with Crippen LogP contribution in [0.3, 0.4) is 0 Å². The molecule has 3 aromatic carbocycles. The van der Waals surface area contributed by atoms with Crippen LogP contribution in [-0.4, -0.2) is 27.7 Å². The van der Waals surface area contributed by atoms with Crippen molar-refractivity contribution in [1.82, 2.24) is 0 Å². The SMILES string of the molecule is C=C/C(OC[P+](c1ccc(OC)cc1)(c1ccc(OC)cc1)c1ccc(OC)cc1)=C(C)/C(C)=C/C. The summed E-state index contributed by atoms with van der Waals surface area (Å²) < 4.78 is 23.0. The van der Waals surface area contributed by atoms with E-state index in [-0.39, 0.29) is 0 Å². The standard InChI is InChI=1S/C31H36O4P/c1-8-23(3)24(4)31(9-2)35-22-36(28-16-10-25(32-5)11-17-28,29-18-12-26(33-6)13-19-29)30-20-14-27(34-7)15-21-30/h8-21H,2,22H2,1,3-7H3/q+1/b23-8+,31-24-. The van der Waals surface area contributed by atoms with Crippen molar-refractivity contribution in [1.29, 1.82) is 0 Å². The fraction of sp³-hybridized carbons (Fsp3) is 0.226. The van der Waals surface area contributed by atoms with Crippen molar-refractivity contribution >= 4 is 23.2 Å². The average Bonchev–Trinajstić information content (AvgIpc) is 2.95. The van der Waals surface area contributed by atoms with Crippen LogP contribution >= 0.6 is 7.26 Å². The van der Waals surface area contributed by atoms with Crippen LogP contribution in [0.15, 0.2) is 108 Å². The molecule has 0 fully saturated rings. The molecule has 5 heteroatoms. The third-order valence-corrected chi connectivity index (χ3v) is 10.6. The van der Waals surface area contributed by atoms with E-state index in [4.69, 9.17) is 18.9 Å². The predicted octanol–water partition coefficient (Wildman–Crippen LogP) is 6.41. The maximum atomic E-state index is 6.65. The third kappa shape index (κ3) is 5.66. The monoisotopic (exact) mass is 503 g/mol. The molecule has 0 unspecified atom stereocenters. The summed E-state index contributed by atoms with van der Waals surface area (Å²) in [6.45, 7) is 10.2. The van der Waals surface area contributed by atoms with E-state index in [1.54, 1.807) is 27.4 Å². The van der Waals surface area contributed by atoms with Gasteiger partial charge in [-0.25, -0.2) is 0 Å². The van der Waals surface area contributed by atoms with Gasteiger partial charge < -0.3 is 18.9 Å². The van der Waals surface area contributed by atoms with Gasteiger partial charge in [-0.3, -0.25) is 0 Å². The van der Waals surface area contributed by atoms with Gasteiger partial charge in [-0.05, 0) is 111 Å². The van der Waals surface area contributed by atoms with Crippen molar-refractivity contribution in [3.05, 3.63) is 108 Å². The summed E-state index contributed by atoms with van der Waals surface area (Å²) in [5.74, 6) is 3.22. The molecule has 4 nitrogen and oxygen atoms in total. The Morgan fingerprint density at radius 2 is 1.06 bits per heavy atom. The molecule has 0 amide bonds. The Labute approximate surface area is 216 Å². The molecule has 0 aromatic heterocycles. The number of benzene rings is 3. The molecule has 3 aromatic rings. The summed E-state index contributed by atoms with van der Waals surface area (Å²) in [5.41, 5.74) is 2.23. The molecule has 0 saturated carbocycles. The second kappa shape index (κ2) is 12.5. The maximum Gasteiger partial charge on any atom is 0.210 e. The Morgan fingerprint density at radius 3 is 1.33 bits per heavy atom. The minimum absolute atomic E-state index is 0.466. The molecule has 3 rings (SSSR count). The highest BCUT2D eigenvalue weighted by molar-refractivity contribution is 7.95. The highest BCUT2D eigenvalue weighted by Gasteiger charge is 2.47. The van der Waals surface area contributed by atoms with E-state index in [1.165, 1.54) is 15.9 Å². The lowest BCUT2D eigenvalue weighted by Crippen LogP contribution is -2.34. The minimum Gasteiger partial charge on any atom is -0.497 e. The van der Waals surface area contributed by atoms with E-state index in [0.717, 1.165) is 34.2 Å². The van der Waals surface area contributed by atoms with Gasteiger partial charge in [-0.2, -0.15) is 0 Å². The minimum atomic E-state index is -2.28. The number of ether oxygens (including phenoxy) is 4. The number of methoxy groups -OCH3 is 3. The summed E-state index contributed by atoms with van der Waals surface area (Å²) in [4.78, 5) is 0. The lowest BCUT2D eigenvalue weighted by molar-refractivity contribution is 0.280. The molecular formula is C31H36O4P+. The maximum absolute atomic E-state index is 6.65. The van der Waals surface area contributed by atoms with Crippen molar-refractivity contribution in [2.45, 2.75) is 20.8 Å². The van der Waals surface area contributed by atoms with E-state index >= 15 is 0 Å². The van der Waals surface area contributed by atoms with Crippen LogP contribution in [0.25, 0.3) is 0 Å². The van der Waals surface area contributed by atoms with Crippen molar-refractivity contribution in [3.63, 3.8) is 0 Å². The Kier molecular flexibility index (Phi) is 9.38. The normalized spacial score (nSPS) is 12.4. The zero-order chi connectivity index (χ0) is 26.1. The molecule has 0 aliphatic carbocycles. The van der Waals surface area contributed by atoms with Crippen LogP contribution in [0.2, 0.25) is 0 Å². The zero-order valence-corrected chi connectivity index (χ0v) is 23.0. The van der Waals surface area contributed by atoms with Gasteiger partial charge in [0.15, 0.2) is 7.26 Å². The zero-order valence-electron chi connectivity index (χ0n) is 22.1. The number of allylic oxidation sites excluding steroid dienone is 4. The molecule has 0 radical (unpaired) electrons. The van der Waals surface area contributed by atoms with Crippen molar-refractivity contribution < 1.29 is 18.9 Å². The predicted molar refractivity (Wildman–Crippen MR) is 153 cm³/mol. The second-order valence-corrected chi connectivity index (χ2v) is 11.8. The summed E-state index contributed by atoms with van der Waals surface area (Å²) in [7, 11) is 2.76. The number of rotatable bonds is 11. The van der Waals surface area contributed by atoms with Crippen LogP contribution < -0.4 is 30.1 Å². The first kappa shape index (κ1) is 27.1. The van der Waals surface area contributed by atoms with Gasteiger partial charge >= 0.3 is 0 Å². The van der Waals surface area contributed by atoms with Crippen LogP contribution in [0.1, 0.15) is 20.8 Å². The summed E-state index contributed by atoms with van der Waals surface area (Å²) in [6, 6.07) is 24.9. The highest BCUT2D eigenvalue weighted by Crippen LogP contribution is 2.56. The number of hydrogen-bond donors (Lipinski definition) is 0. The Bertz CT molecular complexity index is 1090. The van der Waals surface area contributed by atoms with Gasteiger partial charge in [0.2, 0.25) is 6.35 Å². The molecule has 0 saturated heterocycles. The van der Waals surface area contributed by atoms with Gasteiger partial charge in [0.05, 0.1) is 21.3 Å². The van der Waals surface area contributed by atoms with Crippen molar-refractivity contribution in [3.8, 4) is 17.2 Å². The van der Waals surface area contributed by atoms with Crippen LogP contribution in [0.5, 0.6) is 17.2 Å². The van der Waals surface area contributed by atoms with Crippen molar-refractivity contribution in [2.24, 2.45) is 0 Å². The highest BCUT2D eigenvalue weighted by atomic mass is 31.2. The molecule has 0 N–H and O–H groups in total. The largest absolute Gasteiger partial charge is 0.497 e. The molecule has 0 atom stereocenters. The Balaban J connectivity index is 2.28. The van der Waals surface area contributed by atoms with Gasteiger partial charge in [0, 0.05) is 0 Å². The molecule has 36 heavy (non-hydrogen) atoms.